The highest BCUT2D eigenvalue weighted by Crippen LogP contribution is 2.22. The topological polar surface area (TPSA) is 50.4 Å². The number of halogens is 2. The molecule has 0 bridgehead atoms. The Labute approximate surface area is 123 Å². The number of amides is 1. The van der Waals surface area contributed by atoms with Crippen LogP contribution in [0.1, 0.15) is 31.4 Å². The van der Waals surface area contributed by atoms with E-state index in [1.54, 1.807) is 7.11 Å². The summed E-state index contributed by atoms with van der Waals surface area (Å²) < 4.78 is 31.6. The Bertz CT molecular complexity index is 455. The first-order chi connectivity index (χ1) is 10.1. The zero-order valence-electron chi connectivity index (χ0n) is 12.4. The number of rotatable bonds is 9. The summed E-state index contributed by atoms with van der Waals surface area (Å²) in [6, 6.07) is 2.96. The van der Waals surface area contributed by atoms with E-state index in [1.165, 1.54) is 12.1 Å². The Kier molecular flexibility index (Phi) is 7.85. The summed E-state index contributed by atoms with van der Waals surface area (Å²) in [4.78, 5) is 11.8. The van der Waals surface area contributed by atoms with Crippen molar-refractivity contribution in [3.05, 3.63) is 35.4 Å². The maximum Gasteiger partial charge on any atom is 0.234 e. The summed E-state index contributed by atoms with van der Waals surface area (Å²) in [5, 5.41) is 5.68. The van der Waals surface area contributed by atoms with Gasteiger partial charge in [0.05, 0.1) is 19.2 Å². The molecule has 21 heavy (non-hydrogen) atoms. The number of carbonyl (C=O) groups excluding carboxylic acids is 1. The molecule has 0 saturated carbocycles. The first kappa shape index (κ1) is 17.5. The second kappa shape index (κ2) is 9.41. The molecule has 1 aromatic rings. The van der Waals surface area contributed by atoms with E-state index < -0.39 is 17.7 Å². The van der Waals surface area contributed by atoms with Crippen molar-refractivity contribution in [3.8, 4) is 0 Å². The molecule has 0 saturated heterocycles. The molecular formula is C15H22F2N2O2. The first-order valence-electron chi connectivity index (χ1n) is 7.02. The highest BCUT2D eigenvalue weighted by Gasteiger charge is 2.17. The summed E-state index contributed by atoms with van der Waals surface area (Å²) >= 11 is 0. The lowest BCUT2D eigenvalue weighted by Crippen LogP contribution is -2.37. The second-order valence-electron chi connectivity index (χ2n) is 4.74. The van der Waals surface area contributed by atoms with Crippen LogP contribution in [0.5, 0.6) is 0 Å². The van der Waals surface area contributed by atoms with Gasteiger partial charge >= 0.3 is 0 Å². The zero-order valence-corrected chi connectivity index (χ0v) is 12.4. The van der Waals surface area contributed by atoms with Gasteiger partial charge in [-0.15, -0.1) is 0 Å². The number of hydrogen-bond acceptors (Lipinski definition) is 3. The van der Waals surface area contributed by atoms with Crippen LogP contribution in [0.25, 0.3) is 0 Å². The Balaban J connectivity index is 2.62. The minimum absolute atomic E-state index is 0.131. The maximum atomic E-state index is 13.8. The number of nitrogens with one attached hydrogen (secondary N) is 2. The first-order valence-corrected chi connectivity index (χ1v) is 7.02. The molecule has 118 valence electrons. The molecule has 1 rings (SSSR count). The Morgan fingerprint density at radius 3 is 2.76 bits per heavy atom. The molecule has 0 aliphatic rings. The molecule has 0 aliphatic carbocycles. The molecule has 4 nitrogen and oxygen atoms in total. The summed E-state index contributed by atoms with van der Waals surface area (Å²) in [5.41, 5.74) is 0.309. The number of carbonyl (C=O) groups is 1. The van der Waals surface area contributed by atoms with Crippen molar-refractivity contribution >= 4 is 5.91 Å². The summed E-state index contributed by atoms with van der Waals surface area (Å²) in [6.07, 6.45) is 1.37. The van der Waals surface area contributed by atoms with Crippen LogP contribution in [-0.2, 0) is 9.53 Å². The van der Waals surface area contributed by atoms with Gasteiger partial charge in [0.15, 0.2) is 0 Å². The van der Waals surface area contributed by atoms with Gasteiger partial charge in [-0.05, 0) is 12.5 Å². The fourth-order valence-electron chi connectivity index (χ4n) is 2.00. The van der Waals surface area contributed by atoms with E-state index in [2.05, 4.69) is 10.6 Å². The van der Waals surface area contributed by atoms with Gasteiger partial charge in [0.2, 0.25) is 5.91 Å². The van der Waals surface area contributed by atoms with Crippen molar-refractivity contribution in [1.82, 2.24) is 10.6 Å². The van der Waals surface area contributed by atoms with Crippen LogP contribution in [-0.4, -0.2) is 32.7 Å². The van der Waals surface area contributed by atoms with E-state index in [-0.39, 0.29) is 12.5 Å². The van der Waals surface area contributed by atoms with Gasteiger partial charge in [-0.3, -0.25) is 4.79 Å². The molecule has 0 aromatic heterocycles. The normalized spacial score (nSPS) is 12.2. The number of methoxy groups -OCH3 is 1. The standard InChI is InChI=1S/C15H22F2N2O2/c1-3-4-14(12-6-5-11(16)9-13(12)17)19-15(20)10-18-7-8-21-2/h5-6,9,14,18H,3-4,7-8,10H2,1-2H3,(H,19,20). The van der Waals surface area contributed by atoms with Gasteiger partial charge in [0.1, 0.15) is 11.6 Å². The molecule has 0 fully saturated rings. The molecule has 0 aliphatic heterocycles. The average Bonchev–Trinajstić information content (AvgIpc) is 2.43. The van der Waals surface area contributed by atoms with Crippen molar-refractivity contribution in [2.45, 2.75) is 25.8 Å². The average molecular weight is 300 g/mol. The third-order valence-corrected chi connectivity index (χ3v) is 3.02. The highest BCUT2D eigenvalue weighted by atomic mass is 19.1. The molecular weight excluding hydrogens is 278 g/mol. The van der Waals surface area contributed by atoms with E-state index >= 15 is 0 Å². The molecule has 1 atom stereocenters. The second-order valence-corrected chi connectivity index (χ2v) is 4.74. The number of ether oxygens (including phenoxy) is 1. The van der Waals surface area contributed by atoms with Crippen LogP contribution in [0, 0.1) is 11.6 Å². The largest absolute Gasteiger partial charge is 0.383 e. The summed E-state index contributed by atoms with van der Waals surface area (Å²) in [7, 11) is 1.58. The highest BCUT2D eigenvalue weighted by molar-refractivity contribution is 5.78. The van der Waals surface area contributed by atoms with Crippen LogP contribution in [0.15, 0.2) is 18.2 Å². The Morgan fingerprint density at radius 1 is 1.38 bits per heavy atom. The van der Waals surface area contributed by atoms with Crippen molar-refractivity contribution in [1.29, 1.82) is 0 Å². The van der Waals surface area contributed by atoms with Crippen molar-refractivity contribution < 1.29 is 18.3 Å². The van der Waals surface area contributed by atoms with Crippen LogP contribution in [0.4, 0.5) is 8.78 Å². The van der Waals surface area contributed by atoms with Crippen LogP contribution in [0.2, 0.25) is 0 Å². The molecule has 1 amide bonds. The summed E-state index contributed by atoms with van der Waals surface area (Å²) in [5.74, 6) is -1.49. The third-order valence-electron chi connectivity index (χ3n) is 3.02. The van der Waals surface area contributed by atoms with Crippen molar-refractivity contribution in [3.63, 3.8) is 0 Å². The van der Waals surface area contributed by atoms with Crippen LogP contribution in [0.3, 0.4) is 0 Å². The fraction of sp³-hybridized carbons (Fsp3) is 0.533. The van der Waals surface area contributed by atoms with E-state index in [0.29, 0.717) is 25.1 Å². The monoisotopic (exact) mass is 300 g/mol. The van der Waals surface area contributed by atoms with Gasteiger partial charge in [-0.2, -0.15) is 0 Å². The SMILES string of the molecule is CCCC(NC(=O)CNCCOC)c1ccc(F)cc1F. The van der Waals surface area contributed by atoms with E-state index in [0.717, 1.165) is 12.5 Å². The Morgan fingerprint density at radius 2 is 2.14 bits per heavy atom. The quantitative estimate of drug-likeness (QED) is 0.687. The lowest BCUT2D eigenvalue weighted by atomic mass is 10.0. The molecule has 0 spiro atoms. The van der Waals surface area contributed by atoms with Crippen LogP contribution < -0.4 is 10.6 Å². The van der Waals surface area contributed by atoms with Gasteiger partial charge in [0.25, 0.3) is 0 Å². The molecule has 2 N–H and O–H groups in total. The van der Waals surface area contributed by atoms with E-state index in [9.17, 15) is 13.6 Å². The molecule has 0 radical (unpaired) electrons. The minimum atomic E-state index is -0.638. The lowest BCUT2D eigenvalue weighted by molar-refractivity contribution is -0.121. The van der Waals surface area contributed by atoms with E-state index in [1.807, 2.05) is 6.92 Å². The van der Waals surface area contributed by atoms with E-state index in [4.69, 9.17) is 4.74 Å². The van der Waals surface area contributed by atoms with Gasteiger partial charge in [-0.1, -0.05) is 19.4 Å². The van der Waals surface area contributed by atoms with Crippen LogP contribution >= 0.6 is 0 Å². The van der Waals surface area contributed by atoms with Crippen molar-refractivity contribution in [2.75, 3.05) is 26.8 Å². The third kappa shape index (κ3) is 6.18. The predicted molar refractivity (Wildman–Crippen MR) is 76.9 cm³/mol. The molecule has 1 unspecified atom stereocenters. The molecule has 1 aromatic carbocycles. The van der Waals surface area contributed by atoms with Crippen molar-refractivity contribution in [2.24, 2.45) is 0 Å². The molecule has 6 heteroatoms. The van der Waals surface area contributed by atoms with Gasteiger partial charge in [0, 0.05) is 25.3 Å². The lowest BCUT2D eigenvalue weighted by Gasteiger charge is -2.19. The summed E-state index contributed by atoms with van der Waals surface area (Å²) in [6.45, 7) is 3.15. The maximum absolute atomic E-state index is 13.8. The number of hydrogen-bond donors (Lipinski definition) is 2. The Hall–Kier alpha value is -1.53. The predicted octanol–water partition coefficient (Wildman–Crippen LogP) is 2.16. The zero-order chi connectivity index (χ0) is 15.7. The smallest absolute Gasteiger partial charge is 0.234 e. The number of benzene rings is 1. The fourth-order valence-corrected chi connectivity index (χ4v) is 2.00. The molecule has 0 heterocycles. The minimum Gasteiger partial charge on any atom is -0.383 e. The van der Waals surface area contributed by atoms with Gasteiger partial charge in [-0.25, -0.2) is 8.78 Å². The van der Waals surface area contributed by atoms with Gasteiger partial charge < -0.3 is 15.4 Å².